The molecule has 0 fully saturated rings. The normalized spacial score (nSPS) is 14.0. The summed E-state index contributed by atoms with van der Waals surface area (Å²) in [7, 11) is 4.16. The molecule has 1 aliphatic rings. The van der Waals surface area contributed by atoms with Crippen LogP contribution in [0.3, 0.4) is 0 Å². The first-order valence-corrected chi connectivity index (χ1v) is 10.0. The van der Waals surface area contributed by atoms with Gasteiger partial charge in [-0.2, -0.15) is 0 Å². The van der Waals surface area contributed by atoms with Gasteiger partial charge in [-0.15, -0.1) is 0 Å². The second-order valence-electron chi connectivity index (χ2n) is 7.44. The minimum Gasteiger partial charge on any atom is -0.369 e. The fraction of sp³-hybridized carbons (Fsp3) is 0.500. The summed E-state index contributed by atoms with van der Waals surface area (Å²) in [4.78, 5) is 14.1. The van der Waals surface area contributed by atoms with E-state index in [2.05, 4.69) is 83.3 Å². The van der Waals surface area contributed by atoms with E-state index in [1.165, 1.54) is 11.1 Å². The third kappa shape index (κ3) is 4.74. The average molecular weight is 418 g/mol. The smallest absolute Gasteiger partial charge is 0.135 e. The first-order chi connectivity index (χ1) is 12.4. The molecule has 0 saturated heterocycles. The van der Waals surface area contributed by atoms with Gasteiger partial charge in [0, 0.05) is 42.6 Å². The fourth-order valence-electron chi connectivity index (χ4n) is 3.09. The van der Waals surface area contributed by atoms with Gasteiger partial charge in [0.25, 0.3) is 0 Å². The Hall–Kier alpha value is -1.66. The maximum Gasteiger partial charge on any atom is 0.135 e. The topological polar surface area (TPSA) is 44.3 Å². The first-order valence-electron chi connectivity index (χ1n) is 9.22. The molecular formula is C20H28BrN5. The molecule has 0 amide bonds. The second kappa shape index (κ2) is 8.35. The van der Waals surface area contributed by atoms with Crippen molar-refractivity contribution in [1.29, 1.82) is 0 Å². The Bertz CT molecular complexity index is 760. The summed E-state index contributed by atoms with van der Waals surface area (Å²) in [5.41, 5.74) is 2.81. The summed E-state index contributed by atoms with van der Waals surface area (Å²) in [6.07, 6.45) is 1.05. The van der Waals surface area contributed by atoms with E-state index >= 15 is 0 Å². The largest absolute Gasteiger partial charge is 0.369 e. The predicted octanol–water partition coefficient (Wildman–Crippen LogP) is 3.90. The van der Waals surface area contributed by atoms with Crippen LogP contribution in [0.1, 0.15) is 36.7 Å². The van der Waals surface area contributed by atoms with Crippen LogP contribution in [0, 0.1) is 0 Å². The number of halogens is 1. The van der Waals surface area contributed by atoms with E-state index in [0.29, 0.717) is 5.92 Å². The Morgan fingerprint density at radius 1 is 1.19 bits per heavy atom. The van der Waals surface area contributed by atoms with Gasteiger partial charge < -0.3 is 15.1 Å². The molecule has 2 heterocycles. The minimum atomic E-state index is 0.301. The number of fused-ring (bicyclic) bond motifs is 1. The molecular weight excluding hydrogens is 390 g/mol. The second-order valence-corrected chi connectivity index (χ2v) is 8.35. The summed E-state index contributed by atoms with van der Waals surface area (Å²) in [5.74, 6) is 3.13. The third-order valence-corrected chi connectivity index (χ3v) is 5.11. The monoisotopic (exact) mass is 417 g/mol. The Labute approximate surface area is 165 Å². The van der Waals surface area contributed by atoms with Crippen LogP contribution in [-0.2, 0) is 13.0 Å². The molecule has 3 rings (SSSR count). The van der Waals surface area contributed by atoms with E-state index in [9.17, 15) is 0 Å². The van der Waals surface area contributed by atoms with Crippen LogP contribution in [0.25, 0.3) is 0 Å². The third-order valence-electron chi connectivity index (χ3n) is 4.62. The van der Waals surface area contributed by atoms with Crippen LogP contribution in [0.2, 0.25) is 0 Å². The van der Waals surface area contributed by atoms with Gasteiger partial charge in [0.05, 0.1) is 0 Å². The molecule has 1 N–H and O–H groups in total. The van der Waals surface area contributed by atoms with E-state index in [4.69, 9.17) is 9.97 Å². The van der Waals surface area contributed by atoms with E-state index in [1.807, 2.05) is 0 Å². The van der Waals surface area contributed by atoms with Gasteiger partial charge in [-0.1, -0.05) is 35.8 Å². The van der Waals surface area contributed by atoms with Gasteiger partial charge in [-0.05, 0) is 43.8 Å². The Morgan fingerprint density at radius 2 is 2.00 bits per heavy atom. The summed E-state index contributed by atoms with van der Waals surface area (Å²) in [6, 6.07) is 8.67. The molecule has 140 valence electrons. The molecule has 2 aromatic rings. The van der Waals surface area contributed by atoms with Crippen molar-refractivity contribution in [3.8, 4) is 0 Å². The van der Waals surface area contributed by atoms with Crippen molar-refractivity contribution < 1.29 is 0 Å². The molecule has 0 aliphatic carbocycles. The van der Waals surface area contributed by atoms with Crippen molar-refractivity contribution in [1.82, 2.24) is 14.9 Å². The highest BCUT2D eigenvalue weighted by Crippen LogP contribution is 2.27. The van der Waals surface area contributed by atoms with Crippen LogP contribution in [-0.4, -0.2) is 48.6 Å². The molecule has 1 aromatic carbocycles. The summed E-state index contributed by atoms with van der Waals surface area (Å²) < 4.78 is 1.13. The zero-order valence-corrected chi connectivity index (χ0v) is 17.7. The molecule has 0 spiro atoms. The number of aromatic nitrogens is 2. The van der Waals surface area contributed by atoms with Gasteiger partial charge in [0.2, 0.25) is 0 Å². The SMILES string of the molecule is CC(C)c1nc(NCCN(C)C)cc(N2CCc3ccc(Br)cc3C2)n1. The lowest BCUT2D eigenvalue weighted by Crippen LogP contribution is -2.31. The number of nitrogens with one attached hydrogen (secondary N) is 1. The fourth-order valence-corrected chi connectivity index (χ4v) is 3.50. The molecule has 1 aliphatic heterocycles. The number of nitrogens with zero attached hydrogens (tertiary/aromatic N) is 4. The van der Waals surface area contributed by atoms with Crippen molar-refractivity contribution in [2.45, 2.75) is 32.7 Å². The maximum absolute atomic E-state index is 4.85. The maximum atomic E-state index is 4.85. The average Bonchev–Trinajstić information content (AvgIpc) is 2.60. The van der Waals surface area contributed by atoms with Crippen LogP contribution in [0.15, 0.2) is 28.7 Å². The highest BCUT2D eigenvalue weighted by molar-refractivity contribution is 9.10. The lowest BCUT2D eigenvalue weighted by molar-refractivity contribution is 0.425. The van der Waals surface area contributed by atoms with Crippen molar-refractivity contribution in [3.05, 3.63) is 45.7 Å². The van der Waals surface area contributed by atoms with E-state index in [0.717, 1.165) is 54.5 Å². The van der Waals surface area contributed by atoms with Crippen LogP contribution in [0.5, 0.6) is 0 Å². The van der Waals surface area contributed by atoms with Gasteiger partial charge in [0.15, 0.2) is 0 Å². The Balaban J connectivity index is 1.83. The first kappa shape index (κ1) is 19.1. The number of benzene rings is 1. The standard InChI is InChI=1S/C20H28BrN5/c1-14(2)20-23-18(22-8-10-25(3)4)12-19(24-20)26-9-7-15-5-6-17(21)11-16(15)13-26/h5-6,11-12,14H,7-10,13H2,1-4H3,(H,22,23,24). The molecule has 0 radical (unpaired) electrons. The van der Waals surface area contributed by atoms with E-state index in [-0.39, 0.29) is 0 Å². The summed E-state index contributed by atoms with van der Waals surface area (Å²) in [6.45, 7) is 8.01. The van der Waals surface area contributed by atoms with Crippen molar-refractivity contribution in [2.75, 3.05) is 43.9 Å². The van der Waals surface area contributed by atoms with Crippen LogP contribution < -0.4 is 10.2 Å². The highest BCUT2D eigenvalue weighted by Gasteiger charge is 2.19. The molecule has 0 bridgehead atoms. The number of anilines is 2. The van der Waals surface area contributed by atoms with Gasteiger partial charge >= 0.3 is 0 Å². The minimum absolute atomic E-state index is 0.301. The van der Waals surface area contributed by atoms with Crippen LogP contribution in [0.4, 0.5) is 11.6 Å². The molecule has 0 unspecified atom stereocenters. The van der Waals surface area contributed by atoms with Gasteiger partial charge in [-0.25, -0.2) is 9.97 Å². The van der Waals surface area contributed by atoms with Gasteiger partial charge in [-0.3, -0.25) is 0 Å². The zero-order valence-electron chi connectivity index (χ0n) is 16.1. The lowest BCUT2D eigenvalue weighted by Gasteiger charge is -2.30. The number of rotatable bonds is 6. The lowest BCUT2D eigenvalue weighted by atomic mass is 10.00. The molecule has 1 aromatic heterocycles. The molecule has 0 atom stereocenters. The van der Waals surface area contributed by atoms with Crippen molar-refractivity contribution >= 4 is 27.6 Å². The number of likely N-dealkylation sites (N-methyl/N-ethyl adjacent to an activating group) is 1. The van der Waals surface area contributed by atoms with Crippen molar-refractivity contribution in [2.24, 2.45) is 0 Å². The number of hydrogen-bond acceptors (Lipinski definition) is 5. The quantitative estimate of drug-likeness (QED) is 0.771. The Kier molecular flexibility index (Phi) is 6.14. The van der Waals surface area contributed by atoms with Crippen LogP contribution >= 0.6 is 15.9 Å². The molecule has 5 nitrogen and oxygen atoms in total. The molecule has 26 heavy (non-hydrogen) atoms. The molecule has 6 heteroatoms. The molecule has 0 saturated carbocycles. The van der Waals surface area contributed by atoms with Gasteiger partial charge in [0.1, 0.15) is 17.5 Å². The highest BCUT2D eigenvalue weighted by atomic mass is 79.9. The van der Waals surface area contributed by atoms with E-state index < -0.39 is 0 Å². The zero-order chi connectivity index (χ0) is 18.7. The number of hydrogen-bond donors (Lipinski definition) is 1. The Morgan fingerprint density at radius 3 is 2.73 bits per heavy atom. The predicted molar refractivity (Wildman–Crippen MR) is 112 cm³/mol. The summed E-state index contributed by atoms with van der Waals surface area (Å²) >= 11 is 3.59. The van der Waals surface area contributed by atoms with Crippen molar-refractivity contribution in [3.63, 3.8) is 0 Å². The van der Waals surface area contributed by atoms with E-state index in [1.54, 1.807) is 0 Å². The summed E-state index contributed by atoms with van der Waals surface area (Å²) in [5, 5.41) is 3.45.